The van der Waals surface area contributed by atoms with E-state index in [1.165, 1.54) is 0 Å². The summed E-state index contributed by atoms with van der Waals surface area (Å²) >= 11 is 0. The molecule has 178 valence electrons. The molecular weight excluding hydrogens is 428 g/mol. The number of ether oxygens (including phenoxy) is 3. The minimum absolute atomic E-state index is 0.0146. The van der Waals surface area contributed by atoms with Crippen molar-refractivity contribution in [2.75, 3.05) is 27.4 Å². The minimum atomic E-state index is -0.149. The predicted molar refractivity (Wildman–Crippen MR) is 132 cm³/mol. The zero-order chi connectivity index (χ0) is 23.7. The molecule has 2 heterocycles. The average Bonchev–Trinajstić information content (AvgIpc) is 3.27. The van der Waals surface area contributed by atoms with Crippen LogP contribution in [0.1, 0.15) is 31.7 Å². The fraction of sp³-hybridized carbons (Fsp3) is 0.393. The van der Waals surface area contributed by atoms with Gasteiger partial charge in [-0.05, 0) is 67.0 Å². The lowest BCUT2D eigenvalue weighted by molar-refractivity contribution is -0.127. The highest BCUT2D eigenvalue weighted by Crippen LogP contribution is 2.43. The van der Waals surface area contributed by atoms with Gasteiger partial charge in [0.1, 0.15) is 5.76 Å². The first-order valence-electron chi connectivity index (χ1n) is 12.1. The number of amides is 1. The monoisotopic (exact) mass is 460 g/mol. The Morgan fingerprint density at radius 2 is 2.03 bits per heavy atom. The molecule has 0 bridgehead atoms. The van der Waals surface area contributed by atoms with Gasteiger partial charge in [-0.3, -0.25) is 15.0 Å². The van der Waals surface area contributed by atoms with Crippen LogP contribution >= 0.6 is 0 Å². The van der Waals surface area contributed by atoms with Crippen LogP contribution in [0.25, 0.3) is 5.57 Å². The van der Waals surface area contributed by atoms with E-state index in [-0.39, 0.29) is 18.0 Å². The van der Waals surface area contributed by atoms with E-state index in [1.54, 1.807) is 14.2 Å². The second-order valence-corrected chi connectivity index (χ2v) is 8.92. The van der Waals surface area contributed by atoms with Gasteiger partial charge >= 0.3 is 0 Å². The van der Waals surface area contributed by atoms with Gasteiger partial charge in [0.15, 0.2) is 11.5 Å². The summed E-state index contributed by atoms with van der Waals surface area (Å²) in [6.45, 7) is 3.22. The summed E-state index contributed by atoms with van der Waals surface area (Å²) in [6.07, 6.45) is 15.6. The zero-order valence-electron chi connectivity index (χ0n) is 20.0. The molecule has 0 saturated carbocycles. The van der Waals surface area contributed by atoms with Crippen molar-refractivity contribution in [3.63, 3.8) is 0 Å². The third kappa shape index (κ3) is 3.86. The van der Waals surface area contributed by atoms with E-state index in [9.17, 15) is 4.79 Å². The molecule has 0 spiro atoms. The summed E-state index contributed by atoms with van der Waals surface area (Å²) in [5, 5.41) is 3.53. The quantitative estimate of drug-likeness (QED) is 0.630. The number of methoxy groups -OCH3 is 2. The van der Waals surface area contributed by atoms with Gasteiger partial charge in [0.25, 0.3) is 5.91 Å². The first kappa shape index (κ1) is 22.5. The predicted octanol–water partition coefficient (Wildman–Crippen LogP) is 4.58. The Kier molecular flexibility index (Phi) is 6.33. The maximum Gasteiger partial charge on any atom is 0.263 e. The second-order valence-electron chi connectivity index (χ2n) is 8.92. The summed E-state index contributed by atoms with van der Waals surface area (Å²) in [4.78, 5) is 16.0. The van der Waals surface area contributed by atoms with E-state index in [2.05, 4.69) is 35.7 Å². The zero-order valence-corrected chi connectivity index (χ0v) is 20.0. The normalized spacial score (nSPS) is 25.4. The molecule has 1 aromatic carbocycles. The van der Waals surface area contributed by atoms with Crippen LogP contribution in [-0.4, -0.2) is 44.3 Å². The van der Waals surface area contributed by atoms with Crippen LogP contribution < -0.4 is 14.8 Å². The van der Waals surface area contributed by atoms with Crippen molar-refractivity contribution < 1.29 is 19.0 Å². The lowest BCUT2D eigenvalue weighted by Crippen LogP contribution is -2.49. The van der Waals surface area contributed by atoms with E-state index in [4.69, 9.17) is 14.2 Å². The molecule has 1 amide bonds. The Morgan fingerprint density at radius 3 is 2.82 bits per heavy atom. The van der Waals surface area contributed by atoms with Gasteiger partial charge in [0, 0.05) is 18.7 Å². The molecule has 5 rings (SSSR count). The number of fused-ring (bicyclic) bond motifs is 2. The van der Waals surface area contributed by atoms with E-state index < -0.39 is 0 Å². The number of nitrogens with one attached hydrogen (secondary N) is 1. The molecule has 0 radical (unpaired) electrons. The van der Waals surface area contributed by atoms with Gasteiger partial charge in [0.05, 0.1) is 32.6 Å². The van der Waals surface area contributed by atoms with Gasteiger partial charge < -0.3 is 14.2 Å². The van der Waals surface area contributed by atoms with Crippen molar-refractivity contribution in [3.8, 4) is 11.5 Å². The standard InChI is InChI=1S/C28H32N2O4/c1-4-34-24-14-11-18-8-5-6-9-20(18)26(24)28(31)30-17-22(21-10-7-15-29-27(21)30)19-12-13-23(32-2)25(16-19)33-3/h6-7,9-10,12-14,16-18,21,27,29H,4-5,8,11,15H2,1-3H3. The largest absolute Gasteiger partial charge is 0.493 e. The third-order valence-corrected chi connectivity index (χ3v) is 7.07. The maximum atomic E-state index is 14.2. The molecule has 34 heavy (non-hydrogen) atoms. The molecule has 1 aromatic rings. The Balaban J connectivity index is 1.57. The SMILES string of the molecule is CCOC1=CCC2CCC=CC2=C1C(=O)N1C=C(c2ccc(OC)c(OC)c2)C2C=CCNC21. The maximum absolute atomic E-state index is 14.2. The van der Waals surface area contributed by atoms with E-state index in [1.807, 2.05) is 36.2 Å². The van der Waals surface area contributed by atoms with Crippen molar-refractivity contribution in [2.24, 2.45) is 11.8 Å². The number of allylic oxidation sites excluding steroid dienone is 4. The molecule has 3 atom stereocenters. The highest BCUT2D eigenvalue weighted by molar-refractivity contribution is 6.01. The lowest BCUT2D eigenvalue weighted by Gasteiger charge is -2.34. The first-order valence-corrected chi connectivity index (χ1v) is 12.1. The molecule has 2 aliphatic heterocycles. The third-order valence-electron chi connectivity index (χ3n) is 7.07. The average molecular weight is 461 g/mol. The summed E-state index contributed by atoms with van der Waals surface area (Å²) in [5.41, 5.74) is 3.89. The fourth-order valence-electron chi connectivity index (χ4n) is 5.43. The summed E-state index contributed by atoms with van der Waals surface area (Å²) in [5.74, 6) is 2.47. The number of nitrogens with zero attached hydrogens (tertiary/aromatic N) is 1. The fourth-order valence-corrected chi connectivity index (χ4v) is 5.43. The number of carbonyl (C=O) groups excluding carboxylic acids is 1. The Bertz CT molecular complexity index is 1130. The molecule has 0 saturated heterocycles. The second kappa shape index (κ2) is 9.55. The Labute approximate surface area is 201 Å². The van der Waals surface area contributed by atoms with Crippen molar-refractivity contribution >= 4 is 11.5 Å². The van der Waals surface area contributed by atoms with Crippen LogP contribution in [0, 0.1) is 11.8 Å². The molecule has 0 aromatic heterocycles. The van der Waals surface area contributed by atoms with Gasteiger partial charge in [-0.15, -0.1) is 0 Å². The highest BCUT2D eigenvalue weighted by atomic mass is 16.5. The summed E-state index contributed by atoms with van der Waals surface area (Å²) < 4.78 is 16.9. The molecule has 6 heteroatoms. The van der Waals surface area contributed by atoms with E-state index in [0.717, 1.165) is 42.5 Å². The summed E-state index contributed by atoms with van der Waals surface area (Å²) in [6, 6.07) is 5.91. The Hall–Kier alpha value is -3.25. The molecule has 1 N–H and O–H groups in total. The summed E-state index contributed by atoms with van der Waals surface area (Å²) in [7, 11) is 3.27. The van der Waals surface area contributed by atoms with Crippen molar-refractivity contribution in [1.29, 1.82) is 0 Å². The molecule has 6 nitrogen and oxygen atoms in total. The number of rotatable bonds is 6. The lowest BCUT2D eigenvalue weighted by atomic mass is 9.79. The molecule has 0 fully saturated rings. The topological polar surface area (TPSA) is 60.0 Å². The molecule has 3 unspecified atom stereocenters. The number of benzene rings is 1. The number of hydrogen-bond acceptors (Lipinski definition) is 5. The van der Waals surface area contributed by atoms with E-state index >= 15 is 0 Å². The molecule has 2 aliphatic carbocycles. The van der Waals surface area contributed by atoms with Crippen LogP contribution in [-0.2, 0) is 9.53 Å². The first-order chi connectivity index (χ1) is 16.7. The van der Waals surface area contributed by atoms with Crippen molar-refractivity contribution in [3.05, 3.63) is 77.2 Å². The van der Waals surface area contributed by atoms with E-state index in [0.29, 0.717) is 35.4 Å². The van der Waals surface area contributed by atoms with Crippen LogP contribution in [0.5, 0.6) is 11.5 Å². The molecule has 4 aliphatic rings. The van der Waals surface area contributed by atoms with Crippen LogP contribution in [0.3, 0.4) is 0 Å². The van der Waals surface area contributed by atoms with Gasteiger partial charge in [-0.25, -0.2) is 0 Å². The smallest absolute Gasteiger partial charge is 0.263 e. The number of carbonyl (C=O) groups is 1. The highest BCUT2D eigenvalue weighted by Gasteiger charge is 2.41. The van der Waals surface area contributed by atoms with Crippen molar-refractivity contribution in [2.45, 2.75) is 32.4 Å². The van der Waals surface area contributed by atoms with Gasteiger partial charge in [0.2, 0.25) is 0 Å². The molecular formula is C28H32N2O4. The minimum Gasteiger partial charge on any atom is -0.493 e. The number of hydrogen-bond donors (Lipinski definition) is 1. The van der Waals surface area contributed by atoms with Crippen molar-refractivity contribution in [1.82, 2.24) is 10.2 Å². The Morgan fingerprint density at radius 1 is 1.18 bits per heavy atom. The van der Waals surface area contributed by atoms with Gasteiger partial charge in [-0.1, -0.05) is 30.4 Å². The van der Waals surface area contributed by atoms with Crippen LogP contribution in [0.2, 0.25) is 0 Å². The van der Waals surface area contributed by atoms with Crippen LogP contribution in [0.4, 0.5) is 0 Å². The van der Waals surface area contributed by atoms with Gasteiger partial charge in [-0.2, -0.15) is 0 Å². The van der Waals surface area contributed by atoms with Crippen LogP contribution in [0.15, 0.2) is 71.7 Å².